The van der Waals surface area contributed by atoms with Crippen LogP contribution in [0.15, 0.2) is 48.5 Å². The van der Waals surface area contributed by atoms with Crippen LogP contribution in [0, 0.1) is 5.82 Å². The molecule has 2 fully saturated rings. The summed E-state index contributed by atoms with van der Waals surface area (Å²) in [6.45, 7) is 3.41. The van der Waals surface area contributed by atoms with Gasteiger partial charge in [-0.1, -0.05) is 24.3 Å². The maximum Gasteiger partial charge on any atom is 0.319 e. The van der Waals surface area contributed by atoms with Crippen molar-refractivity contribution in [2.24, 2.45) is 0 Å². The Bertz CT molecular complexity index is 828. The molecule has 2 aliphatic heterocycles. The zero-order chi connectivity index (χ0) is 20.2. The minimum absolute atomic E-state index is 0.177. The van der Waals surface area contributed by atoms with Crippen molar-refractivity contribution in [3.8, 4) is 5.75 Å². The molecule has 0 aromatic heterocycles. The monoisotopic (exact) mass is 398 g/mol. The van der Waals surface area contributed by atoms with Gasteiger partial charge in [0.15, 0.2) is 0 Å². The third-order valence-electron chi connectivity index (χ3n) is 6.14. The van der Waals surface area contributed by atoms with E-state index in [1.807, 2.05) is 43.3 Å². The summed E-state index contributed by atoms with van der Waals surface area (Å²) in [6, 6.07) is 15.4. The Morgan fingerprint density at radius 3 is 2.48 bits per heavy atom. The number of ether oxygens (including phenoxy) is 1. The highest BCUT2D eigenvalue weighted by molar-refractivity contribution is 5.91. The Labute approximate surface area is 171 Å². The van der Waals surface area contributed by atoms with Crippen LogP contribution in [0.3, 0.4) is 0 Å². The van der Waals surface area contributed by atoms with Gasteiger partial charge in [0, 0.05) is 37.3 Å². The Balaban J connectivity index is 1.33. The van der Waals surface area contributed by atoms with Crippen LogP contribution < -0.4 is 20.3 Å². The first-order valence-corrected chi connectivity index (χ1v) is 10.5. The van der Waals surface area contributed by atoms with E-state index in [0.29, 0.717) is 30.1 Å². The van der Waals surface area contributed by atoms with Gasteiger partial charge in [0.2, 0.25) is 0 Å². The number of amides is 2. The Morgan fingerprint density at radius 1 is 1.10 bits per heavy atom. The number of benzene rings is 2. The van der Waals surface area contributed by atoms with E-state index in [0.717, 1.165) is 19.4 Å². The number of hydrogen-bond acceptors (Lipinski definition) is 2. The molecule has 4 atom stereocenters. The molecular weight excluding hydrogens is 369 g/mol. The lowest BCUT2D eigenvalue weighted by atomic mass is 9.96. The molecule has 0 saturated carbocycles. The van der Waals surface area contributed by atoms with Crippen molar-refractivity contribution in [1.29, 1.82) is 0 Å². The predicted molar refractivity (Wildman–Crippen MR) is 111 cm³/mol. The number of para-hydroxylation sites is 2. The van der Waals surface area contributed by atoms with Gasteiger partial charge in [0.05, 0.1) is 24.4 Å². The number of quaternary nitrogens is 1. The summed E-state index contributed by atoms with van der Waals surface area (Å²) in [5.74, 6) is 0.496. The second-order valence-electron chi connectivity index (χ2n) is 8.05. The number of fused-ring (bicyclic) bond motifs is 2. The number of carbonyl (C=O) groups is 1. The van der Waals surface area contributed by atoms with Crippen LogP contribution in [0.25, 0.3) is 0 Å². The topological polar surface area (TPSA) is 54.8 Å². The molecule has 2 amide bonds. The average Bonchev–Trinajstić information content (AvgIpc) is 2.93. The van der Waals surface area contributed by atoms with Crippen LogP contribution in [0.1, 0.15) is 38.2 Å². The van der Waals surface area contributed by atoms with E-state index in [-0.39, 0.29) is 17.9 Å². The molecule has 0 aliphatic carbocycles. The third kappa shape index (κ3) is 4.70. The van der Waals surface area contributed by atoms with Gasteiger partial charge in [-0.15, -0.1) is 0 Å². The molecule has 29 heavy (non-hydrogen) atoms. The summed E-state index contributed by atoms with van der Waals surface area (Å²) in [5.41, 5.74) is 1.86. The highest BCUT2D eigenvalue weighted by Gasteiger charge is 2.44. The van der Waals surface area contributed by atoms with Gasteiger partial charge in [0.1, 0.15) is 18.1 Å². The van der Waals surface area contributed by atoms with Crippen LogP contribution in [-0.4, -0.2) is 30.8 Å². The molecule has 4 rings (SSSR count). The van der Waals surface area contributed by atoms with Crippen molar-refractivity contribution >= 4 is 11.7 Å². The maximum absolute atomic E-state index is 13.2. The lowest BCUT2D eigenvalue weighted by Crippen LogP contribution is -3.17. The first-order chi connectivity index (χ1) is 14.1. The van der Waals surface area contributed by atoms with Crippen LogP contribution >= 0.6 is 0 Å². The van der Waals surface area contributed by atoms with Gasteiger partial charge in [-0.25, -0.2) is 9.18 Å². The Morgan fingerprint density at radius 2 is 1.79 bits per heavy atom. The summed E-state index contributed by atoms with van der Waals surface area (Å²) in [6.07, 6.45) is 4.34. The van der Waals surface area contributed by atoms with Gasteiger partial charge in [-0.2, -0.15) is 0 Å². The molecule has 2 unspecified atom stereocenters. The molecule has 2 bridgehead atoms. The first kappa shape index (κ1) is 19.7. The molecular formula is C23H29FN3O2+. The molecule has 2 saturated heterocycles. The molecule has 2 aromatic rings. The predicted octanol–water partition coefficient (Wildman–Crippen LogP) is 3.12. The summed E-state index contributed by atoms with van der Waals surface area (Å²) in [7, 11) is 0. The summed E-state index contributed by atoms with van der Waals surface area (Å²) in [5, 5.41) is 6.09. The van der Waals surface area contributed by atoms with E-state index in [4.69, 9.17) is 4.74 Å². The summed E-state index contributed by atoms with van der Waals surface area (Å²) < 4.78 is 18.7. The van der Waals surface area contributed by atoms with Crippen molar-refractivity contribution in [2.75, 3.05) is 11.9 Å². The zero-order valence-electron chi connectivity index (χ0n) is 16.8. The number of hydrogen-bond donors (Lipinski definition) is 3. The Kier molecular flexibility index (Phi) is 6.00. The SMILES string of the molecule is CCOc1ccccc1NC(=O)NC1C[C@H]2CC[C@@H](C1)[NH+]2Cc1ccc(F)cc1. The van der Waals surface area contributed by atoms with Crippen molar-refractivity contribution in [3.05, 3.63) is 59.9 Å². The van der Waals surface area contributed by atoms with E-state index in [9.17, 15) is 9.18 Å². The summed E-state index contributed by atoms with van der Waals surface area (Å²) in [4.78, 5) is 14.1. The van der Waals surface area contributed by atoms with Crippen LogP contribution in [0.5, 0.6) is 5.75 Å². The fourth-order valence-corrected chi connectivity index (χ4v) is 4.87. The highest BCUT2D eigenvalue weighted by Crippen LogP contribution is 2.25. The number of piperidine rings is 1. The first-order valence-electron chi connectivity index (χ1n) is 10.5. The van der Waals surface area contributed by atoms with Crippen LogP contribution in [0.4, 0.5) is 14.9 Å². The average molecular weight is 399 g/mol. The van der Waals surface area contributed by atoms with Crippen molar-refractivity contribution in [1.82, 2.24) is 5.32 Å². The van der Waals surface area contributed by atoms with Gasteiger partial charge < -0.3 is 20.3 Å². The highest BCUT2D eigenvalue weighted by atomic mass is 19.1. The maximum atomic E-state index is 13.2. The fraction of sp³-hybridized carbons (Fsp3) is 0.435. The quantitative estimate of drug-likeness (QED) is 0.700. The van der Waals surface area contributed by atoms with Gasteiger partial charge in [-0.05, 0) is 31.2 Å². The normalized spacial score (nSPS) is 25.4. The minimum atomic E-state index is -0.188. The standard InChI is InChI=1S/C23H28FN3O2/c1-2-29-22-6-4-3-5-21(22)26-23(28)25-18-13-19-11-12-20(14-18)27(19)15-16-7-9-17(24)10-8-16/h3-10,18-20H,2,11-15H2,1H3,(H2,25,26,28)/p+1/t18?,19-,20+. The summed E-state index contributed by atoms with van der Waals surface area (Å²) >= 11 is 0. The zero-order valence-corrected chi connectivity index (χ0v) is 16.8. The largest absolute Gasteiger partial charge is 0.492 e. The minimum Gasteiger partial charge on any atom is -0.492 e. The van der Waals surface area contributed by atoms with E-state index in [1.165, 1.54) is 30.5 Å². The van der Waals surface area contributed by atoms with Crippen molar-refractivity contribution < 1.29 is 18.8 Å². The van der Waals surface area contributed by atoms with E-state index in [2.05, 4.69) is 10.6 Å². The molecule has 0 spiro atoms. The third-order valence-corrected chi connectivity index (χ3v) is 6.14. The second-order valence-corrected chi connectivity index (χ2v) is 8.05. The molecule has 0 radical (unpaired) electrons. The van der Waals surface area contributed by atoms with Gasteiger partial charge in [0.25, 0.3) is 0 Å². The fourth-order valence-electron chi connectivity index (χ4n) is 4.87. The van der Waals surface area contributed by atoms with Gasteiger partial charge >= 0.3 is 6.03 Å². The van der Waals surface area contributed by atoms with Crippen molar-refractivity contribution in [2.45, 2.75) is 57.3 Å². The van der Waals surface area contributed by atoms with E-state index >= 15 is 0 Å². The number of urea groups is 1. The molecule has 2 aliphatic rings. The lowest BCUT2D eigenvalue weighted by Gasteiger charge is -2.36. The molecule has 6 heteroatoms. The van der Waals surface area contributed by atoms with Gasteiger partial charge in [-0.3, -0.25) is 0 Å². The number of anilines is 1. The molecule has 3 N–H and O–H groups in total. The number of rotatable bonds is 6. The van der Waals surface area contributed by atoms with Crippen molar-refractivity contribution in [3.63, 3.8) is 0 Å². The van der Waals surface area contributed by atoms with Crippen LogP contribution in [-0.2, 0) is 6.54 Å². The smallest absolute Gasteiger partial charge is 0.319 e. The molecule has 2 heterocycles. The second kappa shape index (κ2) is 8.82. The van der Waals surface area contributed by atoms with E-state index < -0.39 is 0 Å². The molecule has 154 valence electrons. The lowest BCUT2D eigenvalue weighted by molar-refractivity contribution is -0.954. The Hall–Kier alpha value is -2.60. The number of nitrogens with one attached hydrogen (secondary N) is 3. The number of carbonyl (C=O) groups excluding carboxylic acids is 1. The van der Waals surface area contributed by atoms with E-state index in [1.54, 1.807) is 4.90 Å². The van der Waals surface area contributed by atoms with Crippen LogP contribution in [0.2, 0.25) is 0 Å². The molecule has 5 nitrogen and oxygen atoms in total. The number of halogens is 1. The molecule has 2 aromatic carbocycles.